The third kappa shape index (κ3) is 28.5. The van der Waals surface area contributed by atoms with E-state index >= 15 is 0 Å². The monoisotopic (exact) mass is 749 g/mol. The van der Waals surface area contributed by atoms with Crippen molar-refractivity contribution in [2.24, 2.45) is 0 Å². The number of nitrogens with one attached hydrogen (secondary N) is 1. The average Bonchev–Trinajstić information content (AvgIpc) is 3.13. The van der Waals surface area contributed by atoms with Gasteiger partial charge in [-0.05, 0) is 12.5 Å². The zero-order valence-electron chi connectivity index (χ0n) is 30.6. The normalized spacial score (nSPS) is 11.2. The van der Waals surface area contributed by atoms with Crippen molar-refractivity contribution < 1.29 is 62.0 Å². The van der Waals surface area contributed by atoms with Gasteiger partial charge in [-0.3, -0.25) is 25.0 Å². The van der Waals surface area contributed by atoms with Crippen LogP contribution in [0.25, 0.3) is 0 Å². The highest BCUT2D eigenvalue weighted by Gasteiger charge is 2.19. The maximum Gasteiger partial charge on any atom is 0.305 e. The Morgan fingerprint density at radius 3 is 1.37 bits per heavy atom. The zero-order chi connectivity index (χ0) is 37.7. The summed E-state index contributed by atoms with van der Waals surface area (Å²) in [6.45, 7) is 10.3. The smallest absolute Gasteiger partial charge is 0.305 e. The van der Waals surface area contributed by atoms with Crippen LogP contribution in [-0.2, 0) is 52.2 Å². The number of non-ortho nitro benzene ring substituents is 1. The molecule has 1 rings (SSSR count). The predicted octanol–water partition coefficient (Wildman–Crippen LogP) is 3.97. The number of hydrogen-bond donors (Lipinski definition) is 1. The van der Waals surface area contributed by atoms with E-state index in [1.807, 2.05) is 0 Å². The number of unbranched alkanes of at least 4 members (excludes halogenated alkanes) is 4. The molecule has 0 atom stereocenters. The van der Waals surface area contributed by atoms with E-state index in [0.717, 1.165) is 18.9 Å². The van der Waals surface area contributed by atoms with E-state index in [9.17, 15) is 25.0 Å². The first-order valence-electron chi connectivity index (χ1n) is 18.0. The number of nitrogens with zero attached hydrogens (tertiary/aromatic N) is 2. The number of rotatable bonds is 39. The van der Waals surface area contributed by atoms with Crippen LogP contribution in [0.1, 0.15) is 45.4 Å². The van der Waals surface area contributed by atoms with Gasteiger partial charge >= 0.3 is 5.97 Å². The summed E-state index contributed by atoms with van der Waals surface area (Å²) in [5.41, 5.74) is -0.532. The van der Waals surface area contributed by atoms with Gasteiger partial charge < -0.3 is 52.7 Å². The quantitative estimate of drug-likeness (QED) is 0.0437. The molecular weight excluding hydrogens is 690 g/mol. The fraction of sp³-hybridized carbons (Fsp3) is 0.794. The van der Waals surface area contributed by atoms with Gasteiger partial charge in [0.05, 0.1) is 135 Å². The topological polar surface area (TPSA) is 208 Å². The molecule has 1 aromatic rings. The Hall–Kier alpha value is -3.07. The maximum atomic E-state index is 11.6. The molecule has 0 aliphatic carbocycles. The molecular formula is C34H59N3O15. The fourth-order valence-electron chi connectivity index (χ4n) is 4.21. The summed E-state index contributed by atoms with van der Waals surface area (Å²) in [6, 6.07) is 3.42. The van der Waals surface area contributed by atoms with Crippen LogP contribution in [0.4, 0.5) is 17.1 Å². The third-order valence-corrected chi connectivity index (χ3v) is 6.90. The van der Waals surface area contributed by atoms with Gasteiger partial charge in [-0.2, -0.15) is 0 Å². The molecule has 52 heavy (non-hydrogen) atoms. The van der Waals surface area contributed by atoms with Crippen molar-refractivity contribution in [1.82, 2.24) is 0 Å². The van der Waals surface area contributed by atoms with Gasteiger partial charge in [0.1, 0.15) is 12.3 Å². The number of nitro groups is 2. The molecule has 1 N–H and O–H groups in total. The molecule has 0 saturated heterocycles. The summed E-state index contributed by atoms with van der Waals surface area (Å²) in [4.78, 5) is 32.2. The molecule has 0 unspecified atom stereocenters. The molecule has 0 radical (unpaired) electrons. The Balaban J connectivity index is 1.72. The molecule has 0 saturated carbocycles. The van der Waals surface area contributed by atoms with Crippen molar-refractivity contribution in [3.8, 4) is 0 Å². The molecule has 18 heteroatoms. The van der Waals surface area contributed by atoms with Gasteiger partial charge in [0.2, 0.25) is 0 Å². The third-order valence-electron chi connectivity index (χ3n) is 6.90. The van der Waals surface area contributed by atoms with Crippen LogP contribution in [0.5, 0.6) is 0 Å². The summed E-state index contributed by atoms with van der Waals surface area (Å²) >= 11 is 0. The number of benzene rings is 1. The van der Waals surface area contributed by atoms with Gasteiger partial charge in [-0.1, -0.05) is 32.6 Å². The first kappa shape index (κ1) is 47.0. The van der Waals surface area contributed by atoms with Crippen molar-refractivity contribution in [1.29, 1.82) is 0 Å². The Bertz CT molecular complexity index is 1040. The lowest BCUT2D eigenvalue weighted by molar-refractivity contribution is -0.393. The molecule has 18 nitrogen and oxygen atoms in total. The van der Waals surface area contributed by atoms with Crippen LogP contribution in [0.15, 0.2) is 18.2 Å². The van der Waals surface area contributed by atoms with Gasteiger partial charge in [-0.15, -0.1) is 0 Å². The Kier molecular flexibility index (Phi) is 31.6. The molecule has 0 aliphatic rings. The first-order chi connectivity index (χ1) is 25.5. The molecule has 0 aliphatic heterocycles. The van der Waals surface area contributed by atoms with E-state index < -0.39 is 9.85 Å². The van der Waals surface area contributed by atoms with Crippen molar-refractivity contribution in [2.45, 2.75) is 45.4 Å². The standard InChI is InChI=1S/C34H59N3O15/c1-2-3-4-5-6-7-34(38)52-29-28-51-27-26-50-25-24-49-23-22-48-21-20-47-19-18-46-17-16-45-15-14-44-13-12-43-11-10-35-32-9-8-31(36(39)40)30-33(32)37(41)42/h8-9,30,35H,2-7,10-29H2,1H3. The van der Waals surface area contributed by atoms with Crippen LogP contribution < -0.4 is 5.32 Å². The summed E-state index contributed by atoms with van der Waals surface area (Å²) in [7, 11) is 0. The largest absolute Gasteiger partial charge is 0.463 e. The van der Waals surface area contributed by atoms with Crippen LogP contribution >= 0.6 is 0 Å². The maximum absolute atomic E-state index is 11.6. The van der Waals surface area contributed by atoms with Gasteiger partial charge in [-0.25, -0.2) is 0 Å². The molecule has 0 spiro atoms. The van der Waals surface area contributed by atoms with Crippen LogP contribution in [0.2, 0.25) is 0 Å². The number of anilines is 1. The lowest BCUT2D eigenvalue weighted by atomic mass is 10.1. The van der Waals surface area contributed by atoms with E-state index in [0.29, 0.717) is 119 Å². The highest BCUT2D eigenvalue weighted by Crippen LogP contribution is 2.28. The number of nitro benzene ring substituents is 2. The number of carbonyl (C=O) groups is 1. The zero-order valence-corrected chi connectivity index (χ0v) is 30.6. The molecule has 0 bridgehead atoms. The summed E-state index contributed by atoms with van der Waals surface area (Å²) in [6.07, 6.45) is 6.00. The highest BCUT2D eigenvalue weighted by molar-refractivity contribution is 5.69. The van der Waals surface area contributed by atoms with Gasteiger partial charge in [0, 0.05) is 19.0 Å². The molecule has 1 aromatic carbocycles. The van der Waals surface area contributed by atoms with Crippen molar-refractivity contribution in [3.63, 3.8) is 0 Å². The molecule has 300 valence electrons. The fourth-order valence-corrected chi connectivity index (χ4v) is 4.21. The van der Waals surface area contributed by atoms with Crippen molar-refractivity contribution >= 4 is 23.0 Å². The number of ether oxygens (including phenoxy) is 10. The molecule has 0 heterocycles. The van der Waals surface area contributed by atoms with Crippen LogP contribution in [0.3, 0.4) is 0 Å². The van der Waals surface area contributed by atoms with E-state index in [1.54, 1.807) is 0 Å². The SMILES string of the molecule is CCCCCCCC(=O)OCCOCCOCCOCCOCCOCCOCCOCCOCCOCCNc1ccc([N+](=O)[O-])cc1[N+](=O)[O-]. The van der Waals surface area contributed by atoms with Crippen molar-refractivity contribution in [3.05, 3.63) is 38.4 Å². The number of esters is 1. The number of carbonyl (C=O) groups excluding carboxylic acids is 1. The van der Waals surface area contributed by atoms with Crippen molar-refractivity contribution in [2.75, 3.05) is 137 Å². The first-order valence-corrected chi connectivity index (χ1v) is 18.0. The molecule has 0 amide bonds. The van der Waals surface area contributed by atoms with E-state index in [2.05, 4.69) is 12.2 Å². The Morgan fingerprint density at radius 1 is 0.558 bits per heavy atom. The summed E-state index contributed by atoms with van der Waals surface area (Å²) in [5.74, 6) is -0.161. The minimum Gasteiger partial charge on any atom is -0.463 e. The van der Waals surface area contributed by atoms with E-state index in [1.165, 1.54) is 31.4 Å². The lowest BCUT2D eigenvalue weighted by Gasteiger charge is -2.09. The highest BCUT2D eigenvalue weighted by atomic mass is 16.6. The van der Waals surface area contributed by atoms with E-state index in [-0.39, 0.29) is 42.8 Å². The second kappa shape index (κ2) is 35.0. The van der Waals surface area contributed by atoms with E-state index in [4.69, 9.17) is 47.4 Å². The Morgan fingerprint density at radius 2 is 0.962 bits per heavy atom. The van der Waals surface area contributed by atoms with Crippen LogP contribution in [0, 0.1) is 20.2 Å². The Labute approximate surface area is 306 Å². The molecule has 0 aromatic heterocycles. The van der Waals surface area contributed by atoms with Crippen LogP contribution in [-0.4, -0.2) is 148 Å². The predicted molar refractivity (Wildman–Crippen MR) is 190 cm³/mol. The minimum absolute atomic E-state index is 0.161. The number of hydrogen-bond acceptors (Lipinski definition) is 16. The average molecular weight is 750 g/mol. The lowest BCUT2D eigenvalue weighted by Crippen LogP contribution is -2.16. The van der Waals surface area contributed by atoms with Gasteiger partial charge in [0.25, 0.3) is 11.4 Å². The molecule has 0 fully saturated rings. The van der Waals surface area contributed by atoms with Gasteiger partial charge in [0.15, 0.2) is 0 Å². The minimum atomic E-state index is -0.682. The summed E-state index contributed by atoms with van der Waals surface area (Å²) < 4.78 is 54.1. The summed E-state index contributed by atoms with van der Waals surface area (Å²) in [5, 5.41) is 24.8. The second-order valence-corrected chi connectivity index (χ2v) is 11.0. The second-order valence-electron chi connectivity index (χ2n) is 11.0.